The SMILES string of the molecule is CC(c1nnnn1C)C(O)C(C)(C)C. The zero-order chi connectivity index (χ0) is 10.9. The largest absolute Gasteiger partial charge is 0.392 e. The van der Waals surface area contributed by atoms with Crippen molar-refractivity contribution in [3.63, 3.8) is 0 Å². The van der Waals surface area contributed by atoms with Gasteiger partial charge in [0, 0.05) is 13.0 Å². The topological polar surface area (TPSA) is 63.8 Å². The van der Waals surface area contributed by atoms with E-state index >= 15 is 0 Å². The number of aliphatic hydroxyl groups excluding tert-OH is 1. The highest BCUT2D eigenvalue weighted by molar-refractivity contribution is 4.97. The molecule has 1 N–H and O–H groups in total. The molecule has 0 fully saturated rings. The number of rotatable bonds is 2. The van der Waals surface area contributed by atoms with Gasteiger partial charge in [0.2, 0.25) is 0 Å². The minimum Gasteiger partial charge on any atom is -0.392 e. The van der Waals surface area contributed by atoms with Crippen LogP contribution in [0.15, 0.2) is 0 Å². The zero-order valence-corrected chi connectivity index (χ0v) is 9.39. The molecule has 80 valence electrons. The van der Waals surface area contributed by atoms with Gasteiger partial charge in [-0.2, -0.15) is 0 Å². The summed E-state index contributed by atoms with van der Waals surface area (Å²) in [6.45, 7) is 7.93. The molecule has 5 nitrogen and oxygen atoms in total. The average Bonchev–Trinajstić information content (AvgIpc) is 2.47. The zero-order valence-electron chi connectivity index (χ0n) is 9.39. The summed E-state index contributed by atoms with van der Waals surface area (Å²) in [7, 11) is 1.78. The third kappa shape index (κ3) is 2.09. The van der Waals surface area contributed by atoms with Crippen molar-refractivity contribution in [1.82, 2.24) is 20.2 Å². The Labute approximate surface area is 84.1 Å². The molecule has 0 bridgehead atoms. The number of aliphatic hydroxyl groups is 1. The van der Waals surface area contributed by atoms with Crippen LogP contribution >= 0.6 is 0 Å². The van der Waals surface area contributed by atoms with Gasteiger partial charge in [-0.25, -0.2) is 4.68 Å². The van der Waals surface area contributed by atoms with E-state index in [0.29, 0.717) is 5.82 Å². The lowest BCUT2D eigenvalue weighted by Crippen LogP contribution is -2.32. The van der Waals surface area contributed by atoms with Crippen LogP contribution in [0.5, 0.6) is 0 Å². The summed E-state index contributed by atoms with van der Waals surface area (Å²) < 4.78 is 1.60. The van der Waals surface area contributed by atoms with E-state index in [2.05, 4.69) is 15.5 Å². The van der Waals surface area contributed by atoms with Gasteiger partial charge in [0.15, 0.2) is 5.82 Å². The van der Waals surface area contributed by atoms with Gasteiger partial charge < -0.3 is 5.11 Å². The Kier molecular flexibility index (Phi) is 2.89. The van der Waals surface area contributed by atoms with E-state index in [9.17, 15) is 5.11 Å². The van der Waals surface area contributed by atoms with Crippen LogP contribution < -0.4 is 0 Å². The molecular weight excluding hydrogens is 180 g/mol. The maximum absolute atomic E-state index is 10.0. The van der Waals surface area contributed by atoms with Gasteiger partial charge in [0.05, 0.1) is 6.10 Å². The molecule has 2 atom stereocenters. The molecule has 0 radical (unpaired) electrons. The Morgan fingerprint density at radius 1 is 1.36 bits per heavy atom. The Balaban J connectivity index is 2.86. The highest BCUT2D eigenvalue weighted by atomic mass is 16.3. The van der Waals surface area contributed by atoms with Crippen LogP contribution in [-0.4, -0.2) is 31.4 Å². The molecule has 5 heteroatoms. The van der Waals surface area contributed by atoms with E-state index < -0.39 is 6.10 Å². The van der Waals surface area contributed by atoms with Crippen molar-refractivity contribution in [2.24, 2.45) is 12.5 Å². The van der Waals surface area contributed by atoms with Crippen LogP contribution in [-0.2, 0) is 7.05 Å². The second-order valence-corrected chi connectivity index (χ2v) is 4.76. The van der Waals surface area contributed by atoms with Gasteiger partial charge in [-0.1, -0.05) is 27.7 Å². The van der Waals surface area contributed by atoms with E-state index in [1.165, 1.54) is 0 Å². The molecule has 0 saturated carbocycles. The van der Waals surface area contributed by atoms with Crippen LogP contribution in [0.1, 0.15) is 39.4 Å². The molecule has 0 aliphatic rings. The second-order valence-electron chi connectivity index (χ2n) is 4.76. The van der Waals surface area contributed by atoms with E-state index in [-0.39, 0.29) is 11.3 Å². The quantitative estimate of drug-likeness (QED) is 0.760. The predicted octanol–water partition coefficient (Wildman–Crippen LogP) is 0.721. The monoisotopic (exact) mass is 198 g/mol. The predicted molar refractivity (Wildman–Crippen MR) is 52.7 cm³/mol. The molecule has 1 heterocycles. The molecule has 0 saturated heterocycles. The van der Waals surface area contributed by atoms with E-state index in [0.717, 1.165) is 0 Å². The molecule has 2 unspecified atom stereocenters. The van der Waals surface area contributed by atoms with Gasteiger partial charge in [-0.15, -0.1) is 5.10 Å². The lowest BCUT2D eigenvalue weighted by molar-refractivity contribution is 0.0402. The first-order valence-electron chi connectivity index (χ1n) is 4.74. The molecule has 0 spiro atoms. The normalized spacial score (nSPS) is 16.7. The van der Waals surface area contributed by atoms with Gasteiger partial charge >= 0.3 is 0 Å². The van der Waals surface area contributed by atoms with Crippen LogP contribution in [0.2, 0.25) is 0 Å². The van der Waals surface area contributed by atoms with Crippen LogP contribution in [0.3, 0.4) is 0 Å². The lowest BCUT2D eigenvalue weighted by atomic mass is 9.82. The van der Waals surface area contributed by atoms with Crippen molar-refractivity contribution in [2.45, 2.75) is 39.7 Å². The first-order valence-corrected chi connectivity index (χ1v) is 4.74. The van der Waals surface area contributed by atoms with Crippen molar-refractivity contribution in [3.05, 3.63) is 5.82 Å². The van der Waals surface area contributed by atoms with Crippen LogP contribution in [0.4, 0.5) is 0 Å². The Morgan fingerprint density at radius 3 is 2.29 bits per heavy atom. The number of tetrazole rings is 1. The third-order valence-electron chi connectivity index (χ3n) is 2.42. The standard InChI is InChI=1S/C9H18N4O/c1-6(7(14)9(2,3)4)8-10-11-12-13(8)5/h6-7,14H,1-5H3. The number of nitrogens with zero attached hydrogens (tertiary/aromatic N) is 4. The number of hydrogen-bond acceptors (Lipinski definition) is 4. The fourth-order valence-electron chi connectivity index (χ4n) is 1.51. The molecular formula is C9H18N4O. The Morgan fingerprint density at radius 2 is 1.93 bits per heavy atom. The first kappa shape index (κ1) is 11.1. The molecule has 0 aromatic carbocycles. The van der Waals surface area contributed by atoms with E-state index in [4.69, 9.17) is 0 Å². The smallest absolute Gasteiger partial charge is 0.156 e. The summed E-state index contributed by atoms with van der Waals surface area (Å²) in [5.74, 6) is 0.655. The number of aromatic nitrogens is 4. The van der Waals surface area contributed by atoms with Gasteiger partial charge in [0.25, 0.3) is 0 Å². The Bertz CT molecular complexity index is 302. The Hall–Kier alpha value is -0.970. The second kappa shape index (κ2) is 3.65. The summed E-state index contributed by atoms with van der Waals surface area (Å²) in [5.41, 5.74) is -0.161. The van der Waals surface area contributed by atoms with Gasteiger partial charge in [-0.05, 0) is 15.8 Å². The summed E-state index contributed by atoms with van der Waals surface area (Å²) >= 11 is 0. The molecule has 14 heavy (non-hydrogen) atoms. The fraction of sp³-hybridized carbons (Fsp3) is 0.889. The molecule has 0 aliphatic carbocycles. The molecule has 1 aromatic heterocycles. The maximum Gasteiger partial charge on any atom is 0.156 e. The van der Waals surface area contributed by atoms with Crippen molar-refractivity contribution < 1.29 is 5.11 Å². The number of hydrogen-bond donors (Lipinski definition) is 1. The molecule has 1 rings (SSSR count). The summed E-state index contributed by atoms with van der Waals surface area (Å²) in [4.78, 5) is 0. The van der Waals surface area contributed by atoms with Gasteiger partial charge in [0.1, 0.15) is 0 Å². The lowest BCUT2D eigenvalue weighted by Gasteiger charge is -2.29. The summed E-state index contributed by atoms with van der Waals surface area (Å²) in [5, 5.41) is 21.2. The summed E-state index contributed by atoms with van der Waals surface area (Å²) in [6, 6.07) is 0. The highest BCUT2D eigenvalue weighted by Crippen LogP contribution is 2.29. The molecule has 1 aromatic rings. The van der Waals surface area contributed by atoms with Crippen LogP contribution in [0.25, 0.3) is 0 Å². The summed E-state index contributed by atoms with van der Waals surface area (Å²) in [6.07, 6.45) is -0.452. The highest BCUT2D eigenvalue weighted by Gasteiger charge is 2.31. The first-order chi connectivity index (χ1) is 6.34. The molecule has 0 aliphatic heterocycles. The molecule has 0 amide bonds. The maximum atomic E-state index is 10.0. The minimum absolute atomic E-state index is 0.0602. The van der Waals surface area contributed by atoms with Crippen molar-refractivity contribution in [3.8, 4) is 0 Å². The van der Waals surface area contributed by atoms with E-state index in [1.54, 1.807) is 11.7 Å². The van der Waals surface area contributed by atoms with Crippen molar-refractivity contribution in [2.75, 3.05) is 0 Å². The number of aryl methyl sites for hydroxylation is 1. The fourth-order valence-corrected chi connectivity index (χ4v) is 1.51. The van der Waals surface area contributed by atoms with Gasteiger partial charge in [-0.3, -0.25) is 0 Å². The minimum atomic E-state index is -0.452. The third-order valence-corrected chi connectivity index (χ3v) is 2.42. The van der Waals surface area contributed by atoms with Crippen LogP contribution in [0, 0.1) is 5.41 Å². The van der Waals surface area contributed by atoms with Crippen molar-refractivity contribution >= 4 is 0 Å². The van der Waals surface area contributed by atoms with E-state index in [1.807, 2.05) is 27.7 Å². The average molecular weight is 198 g/mol. The van der Waals surface area contributed by atoms with Crippen molar-refractivity contribution in [1.29, 1.82) is 0 Å².